The van der Waals surface area contributed by atoms with Crippen LogP contribution in [0.25, 0.3) is 0 Å². The van der Waals surface area contributed by atoms with Crippen molar-refractivity contribution in [3.63, 3.8) is 0 Å². The zero-order chi connectivity index (χ0) is 20.3. The zero-order valence-corrected chi connectivity index (χ0v) is 16.9. The molecule has 154 valence electrons. The van der Waals surface area contributed by atoms with E-state index in [1.54, 1.807) is 19.4 Å². The van der Waals surface area contributed by atoms with Gasteiger partial charge in [0.25, 0.3) is 5.91 Å². The lowest BCUT2D eigenvalue weighted by molar-refractivity contribution is 0.0949. The van der Waals surface area contributed by atoms with E-state index in [4.69, 9.17) is 9.47 Å². The van der Waals surface area contributed by atoms with Gasteiger partial charge in [-0.15, -0.1) is 0 Å². The molecule has 1 heterocycles. The van der Waals surface area contributed by atoms with E-state index in [-0.39, 0.29) is 5.91 Å². The predicted octanol–water partition coefficient (Wildman–Crippen LogP) is 4.20. The summed E-state index contributed by atoms with van der Waals surface area (Å²) in [5.41, 5.74) is 2.75. The van der Waals surface area contributed by atoms with E-state index in [0.29, 0.717) is 25.4 Å². The fourth-order valence-corrected chi connectivity index (χ4v) is 3.23. The van der Waals surface area contributed by atoms with Crippen molar-refractivity contribution in [2.24, 2.45) is 0 Å². The fourth-order valence-electron chi connectivity index (χ4n) is 3.23. The minimum absolute atomic E-state index is 0.129. The molecule has 0 fully saturated rings. The first-order chi connectivity index (χ1) is 14.2. The van der Waals surface area contributed by atoms with Crippen LogP contribution in [0, 0.1) is 0 Å². The number of ether oxygens (including phenoxy) is 2. The molecular weight excluding hydrogens is 366 g/mol. The first-order valence-electron chi connectivity index (χ1n) is 10.2. The lowest BCUT2D eigenvalue weighted by Crippen LogP contribution is -2.25. The molecule has 6 heteroatoms. The molecule has 0 atom stereocenters. The number of nitrogens with zero attached hydrogens (tertiary/aromatic N) is 1. The van der Waals surface area contributed by atoms with Gasteiger partial charge in [-0.25, -0.2) is 4.98 Å². The summed E-state index contributed by atoms with van der Waals surface area (Å²) >= 11 is 0. The molecule has 0 radical (unpaired) electrons. The minimum Gasteiger partial charge on any atom is -0.497 e. The maximum atomic E-state index is 12.2. The summed E-state index contributed by atoms with van der Waals surface area (Å²) in [6.07, 6.45) is 9.80. The van der Waals surface area contributed by atoms with Crippen LogP contribution in [0.3, 0.4) is 0 Å². The highest BCUT2D eigenvalue weighted by Crippen LogP contribution is 2.19. The van der Waals surface area contributed by atoms with Gasteiger partial charge >= 0.3 is 0 Å². The first-order valence-corrected chi connectivity index (χ1v) is 10.2. The number of carbonyl (C=O) groups excluding carboxylic acids is 1. The quantitative estimate of drug-likeness (QED) is 0.466. The summed E-state index contributed by atoms with van der Waals surface area (Å²) in [5.74, 6) is 1.47. The molecule has 6 nitrogen and oxygen atoms in total. The Labute approximate surface area is 172 Å². The molecule has 0 unspecified atom stereocenters. The molecule has 1 aliphatic rings. The summed E-state index contributed by atoms with van der Waals surface area (Å²) < 4.78 is 10.8. The van der Waals surface area contributed by atoms with Gasteiger partial charge in [-0.1, -0.05) is 11.6 Å². The Morgan fingerprint density at radius 1 is 1.07 bits per heavy atom. The molecule has 3 rings (SSSR count). The highest BCUT2D eigenvalue weighted by molar-refractivity contribution is 5.92. The van der Waals surface area contributed by atoms with E-state index in [0.717, 1.165) is 30.0 Å². The van der Waals surface area contributed by atoms with Gasteiger partial charge in [-0.3, -0.25) is 4.79 Å². The Bertz CT molecular complexity index is 801. The van der Waals surface area contributed by atoms with Crippen molar-refractivity contribution in [2.45, 2.75) is 32.1 Å². The van der Waals surface area contributed by atoms with Crippen LogP contribution in [0.2, 0.25) is 0 Å². The van der Waals surface area contributed by atoms with Crippen LogP contribution in [0.1, 0.15) is 42.6 Å². The van der Waals surface area contributed by atoms with Crippen molar-refractivity contribution < 1.29 is 14.3 Å². The fraction of sp³-hybridized carbons (Fsp3) is 0.391. The third-order valence-electron chi connectivity index (χ3n) is 4.87. The smallest absolute Gasteiger partial charge is 0.269 e. The van der Waals surface area contributed by atoms with Crippen LogP contribution in [-0.2, 0) is 0 Å². The topological polar surface area (TPSA) is 72.5 Å². The average Bonchev–Trinajstić information content (AvgIpc) is 2.78. The van der Waals surface area contributed by atoms with E-state index in [9.17, 15) is 4.79 Å². The molecule has 0 bridgehead atoms. The number of carbonyl (C=O) groups is 1. The zero-order valence-electron chi connectivity index (χ0n) is 16.9. The second kappa shape index (κ2) is 11.1. The Morgan fingerprint density at radius 2 is 1.90 bits per heavy atom. The van der Waals surface area contributed by atoms with Crippen LogP contribution in [-0.4, -0.2) is 37.7 Å². The number of methoxy groups -OCH3 is 1. The average molecular weight is 396 g/mol. The van der Waals surface area contributed by atoms with E-state index in [1.807, 2.05) is 30.3 Å². The van der Waals surface area contributed by atoms with Gasteiger partial charge in [0.05, 0.1) is 19.0 Å². The van der Waals surface area contributed by atoms with Crippen molar-refractivity contribution in [1.29, 1.82) is 0 Å². The number of aromatic nitrogens is 1. The summed E-state index contributed by atoms with van der Waals surface area (Å²) in [7, 11) is 1.64. The van der Waals surface area contributed by atoms with Crippen LogP contribution in [0.4, 0.5) is 5.69 Å². The largest absolute Gasteiger partial charge is 0.497 e. The van der Waals surface area contributed by atoms with Gasteiger partial charge in [0.15, 0.2) is 0 Å². The van der Waals surface area contributed by atoms with Gasteiger partial charge in [0, 0.05) is 13.1 Å². The lowest BCUT2D eigenvalue weighted by Gasteiger charge is -2.13. The summed E-state index contributed by atoms with van der Waals surface area (Å²) in [6, 6.07) is 11.1. The molecule has 0 spiro atoms. The lowest BCUT2D eigenvalue weighted by atomic mass is 9.97. The molecule has 2 N–H and O–H groups in total. The molecule has 29 heavy (non-hydrogen) atoms. The Balaban J connectivity index is 1.35. The standard InChI is InChI=1S/C23H29N3O3/c1-28-20-8-10-21(11-9-20)29-16-15-24-19-7-12-22(26-17-19)23(27)25-14-13-18-5-3-2-4-6-18/h5,7-12,17,24H,2-4,6,13-16H2,1H3,(H,25,27). The van der Waals surface area contributed by atoms with Gasteiger partial charge < -0.3 is 20.1 Å². The number of allylic oxidation sites excluding steroid dienone is 1. The molecule has 2 aromatic rings. The normalized spacial score (nSPS) is 13.3. The van der Waals surface area contributed by atoms with Crippen LogP contribution >= 0.6 is 0 Å². The van der Waals surface area contributed by atoms with Crippen molar-refractivity contribution in [3.8, 4) is 11.5 Å². The molecule has 0 saturated carbocycles. The van der Waals surface area contributed by atoms with Crippen LogP contribution < -0.4 is 20.1 Å². The van der Waals surface area contributed by atoms with Crippen molar-refractivity contribution in [3.05, 3.63) is 59.9 Å². The summed E-state index contributed by atoms with van der Waals surface area (Å²) in [6.45, 7) is 1.81. The number of hydrogen-bond donors (Lipinski definition) is 2. The van der Waals surface area contributed by atoms with Crippen molar-refractivity contribution >= 4 is 11.6 Å². The van der Waals surface area contributed by atoms with E-state index in [2.05, 4.69) is 21.7 Å². The van der Waals surface area contributed by atoms with E-state index < -0.39 is 0 Å². The Hall–Kier alpha value is -3.02. The molecule has 1 aromatic heterocycles. The van der Waals surface area contributed by atoms with Crippen LogP contribution in [0.5, 0.6) is 11.5 Å². The first kappa shape index (κ1) is 20.7. The molecule has 1 amide bonds. The monoisotopic (exact) mass is 395 g/mol. The third kappa shape index (κ3) is 6.82. The second-order valence-electron chi connectivity index (χ2n) is 7.00. The third-order valence-corrected chi connectivity index (χ3v) is 4.87. The minimum atomic E-state index is -0.129. The number of amides is 1. The molecular formula is C23H29N3O3. The number of pyridine rings is 1. The van der Waals surface area contributed by atoms with Gasteiger partial charge in [-0.2, -0.15) is 0 Å². The number of benzene rings is 1. The molecule has 0 aliphatic heterocycles. The highest BCUT2D eigenvalue weighted by Gasteiger charge is 2.08. The molecule has 0 saturated heterocycles. The van der Waals surface area contributed by atoms with Crippen molar-refractivity contribution in [2.75, 3.05) is 32.1 Å². The molecule has 1 aromatic carbocycles. The number of hydrogen-bond acceptors (Lipinski definition) is 5. The van der Waals surface area contributed by atoms with Gasteiger partial charge in [0.1, 0.15) is 23.8 Å². The van der Waals surface area contributed by atoms with Gasteiger partial charge in [-0.05, 0) is 68.5 Å². The van der Waals surface area contributed by atoms with Crippen molar-refractivity contribution in [1.82, 2.24) is 10.3 Å². The second-order valence-corrected chi connectivity index (χ2v) is 7.00. The highest BCUT2D eigenvalue weighted by atomic mass is 16.5. The summed E-state index contributed by atoms with van der Waals surface area (Å²) in [4.78, 5) is 16.5. The van der Waals surface area contributed by atoms with E-state index in [1.165, 1.54) is 24.8 Å². The predicted molar refractivity (Wildman–Crippen MR) is 115 cm³/mol. The van der Waals surface area contributed by atoms with Crippen LogP contribution in [0.15, 0.2) is 54.2 Å². The molecule has 1 aliphatic carbocycles. The SMILES string of the molecule is COc1ccc(OCCNc2ccc(C(=O)NCCC3=CCCCC3)nc2)cc1. The summed E-state index contributed by atoms with van der Waals surface area (Å²) in [5, 5.41) is 6.19. The number of nitrogens with one attached hydrogen (secondary N) is 2. The number of rotatable bonds is 10. The Morgan fingerprint density at radius 3 is 2.59 bits per heavy atom. The van der Waals surface area contributed by atoms with Gasteiger partial charge in [0.2, 0.25) is 0 Å². The Kier molecular flexibility index (Phi) is 7.92. The maximum absolute atomic E-state index is 12.2. The number of anilines is 1. The maximum Gasteiger partial charge on any atom is 0.269 e. The van der Waals surface area contributed by atoms with E-state index >= 15 is 0 Å².